The molecule has 1 atom stereocenters. The van der Waals surface area contributed by atoms with Crippen molar-refractivity contribution in [1.29, 1.82) is 0 Å². The highest BCUT2D eigenvalue weighted by atomic mass is 35.5. The second kappa shape index (κ2) is 12.6. The van der Waals surface area contributed by atoms with Gasteiger partial charge >= 0.3 is 12.4 Å². The Morgan fingerprint density at radius 2 is 1.51 bits per heavy atom. The molecule has 14 heteroatoms. The van der Waals surface area contributed by atoms with Gasteiger partial charge in [0.25, 0.3) is 5.91 Å². The van der Waals surface area contributed by atoms with E-state index in [9.17, 15) is 40.7 Å². The van der Waals surface area contributed by atoms with Crippen molar-refractivity contribution >= 4 is 40.9 Å². The summed E-state index contributed by atoms with van der Waals surface area (Å²) in [6.45, 7) is 1.03. The van der Waals surface area contributed by atoms with Gasteiger partial charge in [-0.1, -0.05) is 18.2 Å². The summed E-state index contributed by atoms with van der Waals surface area (Å²) in [6.07, 6.45) is -7.59. The Kier molecular flexibility index (Phi) is 9.45. The van der Waals surface area contributed by atoms with E-state index in [1.54, 1.807) is 11.1 Å². The van der Waals surface area contributed by atoms with Crippen LogP contribution in [0.15, 0.2) is 48.7 Å². The summed E-state index contributed by atoms with van der Waals surface area (Å²) in [5.74, 6) is -1.04. The highest BCUT2D eigenvalue weighted by Gasteiger charge is 2.39. The van der Waals surface area contributed by atoms with Gasteiger partial charge in [0, 0.05) is 74.3 Å². The fourth-order valence-corrected chi connectivity index (χ4v) is 5.60. The molecule has 0 saturated carbocycles. The molecule has 1 N–H and O–H groups in total. The Morgan fingerprint density at radius 1 is 0.884 bits per heavy atom. The molecule has 7 nitrogen and oxygen atoms in total. The molecular formula is C29H29ClF6N4O3. The van der Waals surface area contributed by atoms with Crippen LogP contribution < -0.4 is 0 Å². The van der Waals surface area contributed by atoms with Crippen LogP contribution in [0.2, 0.25) is 0 Å². The number of halogens is 7. The predicted octanol–water partition coefficient (Wildman–Crippen LogP) is 5.19. The van der Waals surface area contributed by atoms with Gasteiger partial charge in [-0.15, -0.1) is 12.4 Å². The Morgan fingerprint density at radius 3 is 2.14 bits per heavy atom. The number of hydrogen-bond donors (Lipinski definition) is 1. The van der Waals surface area contributed by atoms with E-state index in [4.69, 9.17) is 0 Å². The summed E-state index contributed by atoms with van der Waals surface area (Å²) in [5.41, 5.74) is -2.17. The van der Waals surface area contributed by atoms with Gasteiger partial charge in [-0.2, -0.15) is 26.3 Å². The van der Waals surface area contributed by atoms with Gasteiger partial charge in [-0.05, 0) is 36.2 Å². The molecule has 3 aromatic rings. The number of piperidine rings is 1. The molecule has 0 spiro atoms. The lowest BCUT2D eigenvalue weighted by Gasteiger charge is -2.42. The maximum absolute atomic E-state index is 13.6. The first-order chi connectivity index (χ1) is 19.8. The summed E-state index contributed by atoms with van der Waals surface area (Å²) >= 11 is 0. The number of H-pyrrole nitrogens is 1. The summed E-state index contributed by atoms with van der Waals surface area (Å²) in [5, 5.41) is 0.870. The highest BCUT2D eigenvalue weighted by molar-refractivity contribution is 5.95. The van der Waals surface area contributed by atoms with Gasteiger partial charge in [-0.3, -0.25) is 19.3 Å². The van der Waals surface area contributed by atoms with E-state index >= 15 is 0 Å². The number of Topliss-reactive ketones (excluding diaryl/α,β-unsaturated/α-hetero) is 1. The highest BCUT2D eigenvalue weighted by Crippen LogP contribution is 2.37. The molecule has 5 rings (SSSR count). The van der Waals surface area contributed by atoms with Crippen molar-refractivity contribution in [2.75, 3.05) is 39.3 Å². The minimum atomic E-state index is -5.09. The normalized spacial score (nSPS) is 18.6. The number of nitrogens with zero attached hydrogens (tertiary/aromatic N) is 3. The molecule has 232 valence electrons. The second-order valence-corrected chi connectivity index (χ2v) is 10.7. The number of nitrogens with one attached hydrogen (secondary N) is 1. The molecular weight excluding hydrogens is 602 g/mol. The first-order valence-electron chi connectivity index (χ1n) is 13.5. The van der Waals surface area contributed by atoms with Crippen LogP contribution in [-0.4, -0.2) is 82.6 Å². The third-order valence-corrected chi connectivity index (χ3v) is 7.83. The molecule has 43 heavy (non-hydrogen) atoms. The van der Waals surface area contributed by atoms with Crippen LogP contribution in [0.1, 0.15) is 39.9 Å². The Labute approximate surface area is 249 Å². The number of aromatic nitrogens is 1. The summed E-state index contributed by atoms with van der Waals surface area (Å²) in [7, 11) is 0. The van der Waals surface area contributed by atoms with Gasteiger partial charge in [0.1, 0.15) is 5.78 Å². The molecule has 0 bridgehead atoms. The van der Waals surface area contributed by atoms with E-state index in [-0.39, 0.29) is 75.6 Å². The van der Waals surface area contributed by atoms with Crippen molar-refractivity contribution in [2.45, 2.75) is 37.7 Å². The zero-order chi connectivity index (χ0) is 30.2. The van der Waals surface area contributed by atoms with Crippen molar-refractivity contribution in [3.05, 3.63) is 70.9 Å². The number of hydrogen-bond acceptors (Lipinski definition) is 4. The van der Waals surface area contributed by atoms with Crippen LogP contribution >= 0.6 is 12.4 Å². The molecule has 3 heterocycles. The third-order valence-electron chi connectivity index (χ3n) is 7.83. The maximum Gasteiger partial charge on any atom is 0.416 e. The number of rotatable bonds is 5. The average molecular weight is 631 g/mol. The third kappa shape index (κ3) is 7.32. The van der Waals surface area contributed by atoms with Crippen LogP contribution in [-0.2, 0) is 28.4 Å². The van der Waals surface area contributed by atoms with E-state index < -0.39 is 41.0 Å². The zero-order valence-electron chi connectivity index (χ0n) is 22.8. The van der Waals surface area contributed by atoms with Crippen molar-refractivity contribution < 1.29 is 40.7 Å². The topological polar surface area (TPSA) is 76.7 Å². The first kappa shape index (κ1) is 32.3. The lowest BCUT2D eigenvalue weighted by molar-refractivity contribution is -0.143. The van der Waals surface area contributed by atoms with Crippen molar-refractivity contribution in [3.63, 3.8) is 0 Å². The zero-order valence-corrected chi connectivity index (χ0v) is 23.6. The number of benzene rings is 2. The minimum absolute atomic E-state index is 0. The monoisotopic (exact) mass is 630 g/mol. The Hall–Kier alpha value is -3.58. The van der Waals surface area contributed by atoms with E-state index in [1.807, 2.05) is 29.2 Å². The molecule has 2 amide bonds. The van der Waals surface area contributed by atoms with Crippen LogP contribution in [0.3, 0.4) is 0 Å². The van der Waals surface area contributed by atoms with Crippen LogP contribution in [0.4, 0.5) is 26.3 Å². The van der Waals surface area contributed by atoms with Gasteiger partial charge in [0.05, 0.1) is 17.7 Å². The quantitative estimate of drug-likeness (QED) is 0.394. The van der Waals surface area contributed by atoms with Crippen molar-refractivity contribution in [3.8, 4) is 0 Å². The number of ketones is 1. The van der Waals surface area contributed by atoms with Crippen molar-refractivity contribution in [1.82, 2.24) is 19.7 Å². The van der Waals surface area contributed by atoms with E-state index in [0.29, 0.717) is 25.2 Å². The predicted molar refractivity (Wildman–Crippen MR) is 148 cm³/mol. The van der Waals surface area contributed by atoms with Crippen LogP contribution in [0.5, 0.6) is 0 Å². The number of fused-ring (bicyclic) bond motifs is 1. The van der Waals surface area contributed by atoms with E-state index in [1.165, 1.54) is 4.90 Å². The second-order valence-electron chi connectivity index (χ2n) is 10.7. The lowest BCUT2D eigenvalue weighted by atomic mass is 9.98. The molecule has 1 aromatic heterocycles. The molecule has 2 fully saturated rings. The smallest absolute Gasteiger partial charge is 0.361 e. The fraction of sp³-hybridized carbons (Fsp3) is 0.414. The number of amides is 2. The Bertz CT molecular complexity index is 1460. The fourth-order valence-electron chi connectivity index (χ4n) is 5.60. The molecule has 2 saturated heterocycles. The average Bonchev–Trinajstić information content (AvgIpc) is 3.34. The summed E-state index contributed by atoms with van der Waals surface area (Å²) in [4.78, 5) is 46.0. The number of alkyl halides is 6. The number of carbonyl (C=O) groups excluding carboxylic acids is 3. The van der Waals surface area contributed by atoms with Gasteiger partial charge in [0.15, 0.2) is 0 Å². The molecule has 2 aliphatic heterocycles. The molecule has 2 aliphatic rings. The van der Waals surface area contributed by atoms with Gasteiger partial charge in [0.2, 0.25) is 5.91 Å². The number of likely N-dealkylation sites (tertiary alicyclic amines) is 1. The minimum Gasteiger partial charge on any atom is -0.361 e. The molecule has 0 aliphatic carbocycles. The first-order valence-corrected chi connectivity index (χ1v) is 13.5. The van der Waals surface area contributed by atoms with Gasteiger partial charge < -0.3 is 14.8 Å². The summed E-state index contributed by atoms with van der Waals surface area (Å²) < 4.78 is 81.1. The number of piperazine rings is 1. The standard InChI is InChI=1S/C29H28F6N4O3.ClH/c30-28(31,32)20-11-18(12-21(14-20)29(33,34)35)27(42)39-10-9-37(17-26(41)38-7-5-23(40)6-8-38)16-22(39)13-19-15-36-25-4-2-1-3-24(19)25;/h1-4,11-12,14-15,22,36H,5-10,13,16-17H2;1H/t22-;/m1./s1. The van der Waals surface area contributed by atoms with E-state index in [0.717, 1.165) is 16.5 Å². The maximum atomic E-state index is 13.6. The number of carbonyl (C=O) groups is 3. The van der Waals surface area contributed by atoms with E-state index in [2.05, 4.69) is 4.98 Å². The molecule has 0 unspecified atom stereocenters. The van der Waals surface area contributed by atoms with Crippen LogP contribution in [0, 0.1) is 0 Å². The van der Waals surface area contributed by atoms with Crippen molar-refractivity contribution in [2.24, 2.45) is 0 Å². The number of aromatic amines is 1. The lowest BCUT2D eigenvalue weighted by Crippen LogP contribution is -2.57. The molecule has 0 radical (unpaired) electrons. The number of para-hydroxylation sites is 1. The SMILES string of the molecule is Cl.O=C1CCN(C(=O)CN2CCN(C(=O)c3cc(C(F)(F)F)cc(C(F)(F)F)c3)[C@H](Cc3c[nH]c4ccccc34)C2)CC1. The largest absolute Gasteiger partial charge is 0.416 e. The van der Waals surface area contributed by atoms with Crippen LogP contribution in [0.25, 0.3) is 10.9 Å². The summed E-state index contributed by atoms with van der Waals surface area (Å²) in [6, 6.07) is 7.66. The van der Waals surface area contributed by atoms with Gasteiger partial charge in [-0.25, -0.2) is 0 Å². The Balaban J connectivity index is 0.00000423. The molecule has 2 aromatic carbocycles.